The smallest absolute Gasteiger partial charge is 0.255 e. The van der Waals surface area contributed by atoms with Gasteiger partial charge in [0, 0.05) is 100 Å². The van der Waals surface area contributed by atoms with Gasteiger partial charge in [-0.25, -0.2) is 18.7 Å². The Morgan fingerprint density at radius 3 is 2.52 bits per heavy atom. The first-order valence-corrected chi connectivity index (χ1v) is 21.1. The summed E-state index contributed by atoms with van der Waals surface area (Å²) in [7, 11) is 0. The van der Waals surface area contributed by atoms with Crippen LogP contribution < -0.4 is 26.2 Å². The van der Waals surface area contributed by atoms with Gasteiger partial charge in [-0.15, -0.1) is 0 Å². The van der Waals surface area contributed by atoms with Crippen molar-refractivity contribution < 1.29 is 28.3 Å². The van der Waals surface area contributed by atoms with E-state index >= 15 is 4.39 Å². The summed E-state index contributed by atoms with van der Waals surface area (Å²) in [6, 6.07) is 14.3. The van der Waals surface area contributed by atoms with Gasteiger partial charge in [0.25, 0.3) is 5.91 Å². The van der Waals surface area contributed by atoms with E-state index < -0.39 is 29.2 Å². The molecule has 3 saturated heterocycles. The first-order chi connectivity index (χ1) is 29.5. The van der Waals surface area contributed by atoms with Crippen molar-refractivity contribution >= 4 is 51.8 Å². The van der Waals surface area contributed by atoms with Crippen molar-refractivity contribution in [2.45, 2.75) is 63.3 Å². The van der Waals surface area contributed by atoms with Crippen molar-refractivity contribution in [3.63, 3.8) is 0 Å². The molecule has 0 radical (unpaired) electrons. The minimum Gasteiger partial charge on any atom is -0.384 e. The van der Waals surface area contributed by atoms with Crippen LogP contribution in [0.4, 0.5) is 31.8 Å². The maximum absolute atomic E-state index is 15.2. The minimum absolute atomic E-state index is 0.176. The highest BCUT2D eigenvalue weighted by Gasteiger charge is 2.41. The van der Waals surface area contributed by atoms with Crippen LogP contribution in [0.3, 0.4) is 0 Å². The topological polar surface area (TPSA) is 173 Å². The molecule has 5 aliphatic rings. The van der Waals surface area contributed by atoms with Gasteiger partial charge in [0.2, 0.25) is 17.8 Å². The Hall–Kier alpha value is -6.04. The van der Waals surface area contributed by atoms with Crippen molar-refractivity contribution in [2.24, 2.45) is 5.92 Å². The fourth-order valence-electron chi connectivity index (χ4n) is 9.42. The SMILES string of the molecule is CC[C@@]1(O)CCc2ccc(-n3cc(F)c4cnc(Nc5ccc(NCCNC6CN(CC7CN(c8cc9c(cc8F)C(=O)N(C8CCC(=O)NC8=O)C9)C7)C6)cc5)nc43)nc21. The number of hydrogen-bond acceptors (Lipinski definition) is 12. The molecule has 0 saturated carbocycles. The number of imide groups is 1. The molecule has 1 unspecified atom stereocenters. The Morgan fingerprint density at radius 1 is 0.934 bits per heavy atom. The number of aryl methyl sites for hydroxylation is 1. The third-order valence-electron chi connectivity index (χ3n) is 12.9. The van der Waals surface area contributed by atoms with E-state index in [1.165, 1.54) is 23.4 Å². The number of carbonyl (C=O) groups excluding carboxylic acids is 3. The summed E-state index contributed by atoms with van der Waals surface area (Å²) in [6.07, 6.45) is 5.20. The molecule has 3 amide bonds. The molecule has 0 spiro atoms. The van der Waals surface area contributed by atoms with Gasteiger partial charge in [-0.05, 0) is 79.3 Å². The molecule has 17 heteroatoms. The van der Waals surface area contributed by atoms with Gasteiger partial charge in [-0.3, -0.25) is 29.2 Å². The maximum atomic E-state index is 15.2. The van der Waals surface area contributed by atoms with Gasteiger partial charge in [0.15, 0.2) is 11.5 Å². The van der Waals surface area contributed by atoms with E-state index in [9.17, 15) is 23.9 Å². The van der Waals surface area contributed by atoms with Crippen LogP contribution in [-0.2, 0) is 28.2 Å². The van der Waals surface area contributed by atoms with Crippen LogP contribution in [0.25, 0.3) is 16.9 Å². The minimum atomic E-state index is -0.981. The number of benzene rings is 2. The Kier molecular flexibility index (Phi) is 9.91. The number of nitrogens with zero attached hydrogens (tertiary/aromatic N) is 7. The third kappa shape index (κ3) is 7.33. The number of amides is 3. The van der Waals surface area contributed by atoms with Gasteiger partial charge >= 0.3 is 0 Å². The van der Waals surface area contributed by atoms with E-state index in [-0.39, 0.29) is 42.2 Å². The molecule has 2 aromatic carbocycles. The zero-order chi connectivity index (χ0) is 42.0. The molecule has 15 nitrogen and oxygen atoms in total. The Morgan fingerprint density at radius 2 is 1.74 bits per heavy atom. The fraction of sp³-hybridized carbons (Fsp3) is 0.409. The number of nitrogens with one attached hydrogen (secondary N) is 4. The summed E-state index contributed by atoms with van der Waals surface area (Å²) in [5.41, 5.74) is 4.28. The van der Waals surface area contributed by atoms with Crippen LogP contribution in [0.15, 0.2) is 60.9 Å². The van der Waals surface area contributed by atoms with E-state index in [0.29, 0.717) is 59.2 Å². The van der Waals surface area contributed by atoms with Crippen LogP contribution in [0.2, 0.25) is 0 Å². The quantitative estimate of drug-likeness (QED) is 0.0856. The monoisotopic (exact) mass is 831 g/mol. The van der Waals surface area contributed by atoms with Gasteiger partial charge in [0.1, 0.15) is 23.3 Å². The predicted octanol–water partition coefficient (Wildman–Crippen LogP) is 3.96. The second kappa shape index (κ2) is 15.5. The number of piperidine rings is 1. The van der Waals surface area contributed by atoms with E-state index in [1.807, 2.05) is 48.2 Å². The number of carbonyl (C=O) groups is 3. The number of anilines is 4. The third-order valence-corrected chi connectivity index (χ3v) is 12.9. The average Bonchev–Trinajstić information content (AvgIpc) is 3.85. The zero-order valence-electron chi connectivity index (χ0n) is 33.8. The highest BCUT2D eigenvalue weighted by molar-refractivity contribution is 6.05. The van der Waals surface area contributed by atoms with Crippen molar-refractivity contribution in [1.82, 2.24) is 40.0 Å². The van der Waals surface area contributed by atoms with Crippen molar-refractivity contribution in [1.29, 1.82) is 0 Å². The summed E-state index contributed by atoms with van der Waals surface area (Å²) < 4.78 is 31.8. The molecule has 316 valence electrons. The fourth-order valence-corrected chi connectivity index (χ4v) is 9.42. The summed E-state index contributed by atoms with van der Waals surface area (Å²) >= 11 is 0. The van der Waals surface area contributed by atoms with E-state index in [2.05, 4.69) is 36.1 Å². The standard InChI is InChI=1S/C44H47F2N11O4/c1-2-44(61)12-11-26-3-9-37(51-39(26)44)57-24-34(46)32-17-49-43(53-40(32)57)50-29-6-4-28(5-7-29)47-13-14-48-30-22-54(23-30)18-25-19-55(20-25)36-15-27-21-56(42(60)31(27)16-33(36)45)35-8-10-38(58)52-41(35)59/h3-7,9,15-17,24-25,30,35,47-48,61H,2,8,10-14,18-23H2,1H3,(H,49,50,53)(H,52,58,59)/t35?,44-/m1/s1. The first kappa shape index (κ1) is 39.1. The lowest BCUT2D eigenvalue weighted by molar-refractivity contribution is -0.136. The molecule has 5 aromatic rings. The molecule has 4 aliphatic heterocycles. The largest absolute Gasteiger partial charge is 0.384 e. The lowest BCUT2D eigenvalue weighted by Gasteiger charge is -2.47. The van der Waals surface area contributed by atoms with E-state index in [4.69, 9.17) is 4.98 Å². The van der Waals surface area contributed by atoms with Crippen molar-refractivity contribution in [3.8, 4) is 5.82 Å². The molecular weight excluding hydrogens is 785 g/mol. The second-order valence-electron chi connectivity index (χ2n) is 17.0. The van der Waals surface area contributed by atoms with Crippen LogP contribution in [0.1, 0.15) is 59.8 Å². The molecule has 7 heterocycles. The molecule has 2 atom stereocenters. The number of aromatic nitrogens is 4. The predicted molar refractivity (Wildman–Crippen MR) is 224 cm³/mol. The Labute approximate surface area is 350 Å². The number of fused-ring (bicyclic) bond motifs is 3. The first-order valence-electron chi connectivity index (χ1n) is 21.1. The van der Waals surface area contributed by atoms with E-state index in [1.54, 1.807) is 10.6 Å². The average molecular weight is 832 g/mol. The highest BCUT2D eigenvalue weighted by atomic mass is 19.1. The molecule has 3 fully saturated rings. The number of likely N-dealkylation sites (tertiary alicyclic amines) is 1. The van der Waals surface area contributed by atoms with Crippen LogP contribution in [0, 0.1) is 17.6 Å². The molecule has 10 rings (SSSR count). The number of hydrogen-bond donors (Lipinski definition) is 5. The van der Waals surface area contributed by atoms with Gasteiger partial charge in [-0.2, -0.15) is 4.98 Å². The number of halogens is 2. The lowest BCUT2D eigenvalue weighted by Crippen LogP contribution is -2.62. The van der Waals surface area contributed by atoms with Gasteiger partial charge < -0.3 is 30.9 Å². The molecule has 3 aromatic heterocycles. The molecule has 5 N–H and O–H groups in total. The number of rotatable bonds is 13. The molecule has 61 heavy (non-hydrogen) atoms. The summed E-state index contributed by atoms with van der Waals surface area (Å²) in [5.74, 6) is -0.840. The van der Waals surface area contributed by atoms with Crippen LogP contribution in [0.5, 0.6) is 0 Å². The number of aliphatic hydroxyl groups is 1. The summed E-state index contributed by atoms with van der Waals surface area (Å²) in [5, 5.41) is 24.0. The summed E-state index contributed by atoms with van der Waals surface area (Å²) in [6.45, 7) is 8.06. The highest BCUT2D eigenvalue weighted by Crippen LogP contribution is 2.39. The lowest BCUT2D eigenvalue weighted by atomic mass is 9.95. The van der Waals surface area contributed by atoms with Crippen molar-refractivity contribution in [3.05, 3.63) is 94.9 Å². The van der Waals surface area contributed by atoms with Crippen LogP contribution >= 0.6 is 0 Å². The van der Waals surface area contributed by atoms with Gasteiger partial charge in [0.05, 0.1) is 16.8 Å². The van der Waals surface area contributed by atoms with Crippen LogP contribution in [-0.4, -0.2) is 110 Å². The Balaban J connectivity index is 0.654. The summed E-state index contributed by atoms with van der Waals surface area (Å²) in [4.78, 5) is 56.6. The van der Waals surface area contributed by atoms with Crippen molar-refractivity contribution in [2.75, 3.05) is 61.3 Å². The second-order valence-corrected chi connectivity index (χ2v) is 17.0. The molecule has 0 bridgehead atoms. The van der Waals surface area contributed by atoms with E-state index in [0.717, 1.165) is 69.2 Å². The van der Waals surface area contributed by atoms with Gasteiger partial charge in [-0.1, -0.05) is 13.0 Å². The molecular formula is C44H47F2N11O4. The maximum Gasteiger partial charge on any atom is 0.255 e. The Bertz CT molecular complexity index is 2560. The zero-order valence-corrected chi connectivity index (χ0v) is 33.8. The normalized spacial score (nSPS) is 21.7. The number of pyridine rings is 1. The molecule has 1 aliphatic carbocycles.